The molecule has 4 heteroatoms. The van der Waals surface area contributed by atoms with E-state index in [0.29, 0.717) is 13.0 Å². The number of carbonyl (C=O) groups excluding carboxylic acids is 1. The van der Waals surface area contributed by atoms with Crippen LogP contribution in [0.1, 0.15) is 32.4 Å². The Morgan fingerprint density at radius 3 is 3.00 bits per heavy atom. The Kier molecular flexibility index (Phi) is 6.40. The minimum Gasteiger partial charge on any atom is -0.466 e. The molecule has 0 aliphatic carbocycles. The molecule has 0 spiro atoms. The van der Waals surface area contributed by atoms with Crippen LogP contribution in [0.2, 0.25) is 0 Å². The van der Waals surface area contributed by atoms with Gasteiger partial charge in [-0.1, -0.05) is 0 Å². The van der Waals surface area contributed by atoms with Crippen molar-refractivity contribution in [1.29, 1.82) is 0 Å². The Morgan fingerprint density at radius 1 is 1.47 bits per heavy atom. The van der Waals surface area contributed by atoms with Crippen LogP contribution in [0.3, 0.4) is 0 Å². The summed E-state index contributed by atoms with van der Waals surface area (Å²) in [4.78, 5) is 11.1. The van der Waals surface area contributed by atoms with Crippen molar-refractivity contribution in [3.8, 4) is 0 Å². The number of nitrogens with zero attached hydrogens (tertiary/aromatic N) is 1. The first-order valence-corrected chi connectivity index (χ1v) is 6.28. The molecule has 0 atom stereocenters. The van der Waals surface area contributed by atoms with Gasteiger partial charge in [0.05, 0.1) is 6.61 Å². The summed E-state index contributed by atoms with van der Waals surface area (Å²) in [6.45, 7) is 7.11. The van der Waals surface area contributed by atoms with E-state index in [1.807, 2.05) is 6.92 Å². The first-order valence-electron chi connectivity index (χ1n) is 6.28. The fraction of sp³-hybridized carbons (Fsp3) is 0.615. The Morgan fingerprint density at radius 2 is 2.29 bits per heavy atom. The maximum Gasteiger partial charge on any atom is 0.305 e. The topological polar surface area (TPSA) is 43.3 Å². The summed E-state index contributed by atoms with van der Waals surface area (Å²) in [6.07, 6.45) is 3.40. The number of rotatable bonds is 8. The second-order valence-corrected chi connectivity index (χ2v) is 3.87. The highest BCUT2D eigenvalue weighted by Gasteiger charge is 2.01. The van der Waals surface area contributed by atoms with Gasteiger partial charge in [0.25, 0.3) is 0 Å². The van der Waals surface area contributed by atoms with Gasteiger partial charge in [-0.25, -0.2) is 0 Å². The molecule has 96 valence electrons. The molecule has 17 heavy (non-hydrogen) atoms. The smallest absolute Gasteiger partial charge is 0.305 e. The van der Waals surface area contributed by atoms with Gasteiger partial charge in [-0.05, 0) is 38.9 Å². The summed E-state index contributed by atoms with van der Waals surface area (Å²) >= 11 is 0. The Bertz CT molecular complexity index is 334. The van der Waals surface area contributed by atoms with Crippen LogP contribution >= 0.6 is 0 Å². The third-order valence-corrected chi connectivity index (χ3v) is 2.61. The van der Waals surface area contributed by atoms with Crippen LogP contribution in [0, 0.1) is 0 Å². The lowest BCUT2D eigenvalue weighted by molar-refractivity contribution is -0.143. The number of hydrogen-bond acceptors (Lipinski definition) is 3. The Balaban J connectivity index is 2.10. The first kappa shape index (κ1) is 13.8. The van der Waals surface area contributed by atoms with Gasteiger partial charge < -0.3 is 14.6 Å². The molecule has 1 aromatic heterocycles. The minimum absolute atomic E-state index is 0.105. The van der Waals surface area contributed by atoms with Crippen LogP contribution in [0.15, 0.2) is 18.3 Å². The predicted octanol–water partition coefficient (Wildman–Crippen LogP) is 1.94. The SMILES string of the molecule is CCOC(=O)CCCNCc1cccn1CC. The number of carbonyl (C=O) groups is 1. The molecule has 1 N–H and O–H groups in total. The molecule has 0 aliphatic heterocycles. The van der Waals surface area contributed by atoms with Gasteiger partial charge in [0.2, 0.25) is 0 Å². The lowest BCUT2D eigenvalue weighted by Crippen LogP contribution is -2.18. The molecule has 0 unspecified atom stereocenters. The van der Waals surface area contributed by atoms with Crippen molar-refractivity contribution in [3.63, 3.8) is 0 Å². The van der Waals surface area contributed by atoms with Crippen molar-refractivity contribution in [2.24, 2.45) is 0 Å². The standard InChI is InChI=1S/C13H22N2O2/c1-3-15-10-6-7-12(15)11-14-9-5-8-13(16)17-4-2/h6-7,10,14H,3-5,8-9,11H2,1-2H3. The molecule has 4 nitrogen and oxygen atoms in total. The molecule has 0 amide bonds. The number of esters is 1. The van der Waals surface area contributed by atoms with E-state index in [9.17, 15) is 4.79 Å². The van der Waals surface area contributed by atoms with Crippen LogP contribution in [0.4, 0.5) is 0 Å². The molecule has 0 saturated heterocycles. The van der Waals surface area contributed by atoms with E-state index in [0.717, 1.165) is 26.1 Å². The van der Waals surface area contributed by atoms with E-state index in [1.165, 1.54) is 5.69 Å². The normalized spacial score (nSPS) is 10.5. The van der Waals surface area contributed by atoms with E-state index in [4.69, 9.17) is 4.74 Å². The number of aryl methyl sites for hydroxylation is 1. The zero-order chi connectivity index (χ0) is 12.5. The fourth-order valence-corrected chi connectivity index (χ4v) is 1.73. The summed E-state index contributed by atoms with van der Waals surface area (Å²) in [5, 5.41) is 3.33. The summed E-state index contributed by atoms with van der Waals surface area (Å²) in [5.74, 6) is -0.105. The van der Waals surface area contributed by atoms with Gasteiger partial charge in [0, 0.05) is 31.4 Å². The first-order chi connectivity index (χ1) is 8.27. The largest absolute Gasteiger partial charge is 0.466 e. The van der Waals surface area contributed by atoms with Crippen molar-refractivity contribution in [2.75, 3.05) is 13.2 Å². The highest BCUT2D eigenvalue weighted by Crippen LogP contribution is 2.01. The van der Waals surface area contributed by atoms with Crippen molar-refractivity contribution in [3.05, 3.63) is 24.0 Å². The van der Waals surface area contributed by atoms with E-state index >= 15 is 0 Å². The molecule has 1 heterocycles. The lowest BCUT2D eigenvalue weighted by atomic mass is 10.3. The molecule has 0 aliphatic rings. The minimum atomic E-state index is -0.105. The van der Waals surface area contributed by atoms with Gasteiger partial charge in [-0.2, -0.15) is 0 Å². The van der Waals surface area contributed by atoms with Crippen molar-refractivity contribution in [1.82, 2.24) is 9.88 Å². The van der Waals surface area contributed by atoms with Crippen LogP contribution in [0.25, 0.3) is 0 Å². The lowest BCUT2D eigenvalue weighted by Gasteiger charge is -2.07. The third-order valence-electron chi connectivity index (χ3n) is 2.61. The molecular weight excluding hydrogens is 216 g/mol. The maximum absolute atomic E-state index is 11.1. The molecule has 1 aromatic rings. The van der Waals surface area contributed by atoms with E-state index in [-0.39, 0.29) is 5.97 Å². The fourth-order valence-electron chi connectivity index (χ4n) is 1.73. The highest BCUT2D eigenvalue weighted by molar-refractivity contribution is 5.69. The molecule has 0 bridgehead atoms. The second-order valence-electron chi connectivity index (χ2n) is 3.87. The zero-order valence-electron chi connectivity index (χ0n) is 10.7. The van der Waals surface area contributed by atoms with Crippen LogP contribution < -0.4 is 5.32 Å². The third kappa shape index (κ3) is 5.04. The summed E-state index contributed by atoms with van der Waals surface area (Å²) in [6, 6.07) is 4.17. The predicted molar refractivity (Wildman–Crippen MR) is 67.7 cm³/mol. The Hall–Kier alpha value is -1.29. The second kappa shape index (κ2) is 7.90. The zero-order valence-corrected chi connectivity index (χ0v) is 10.7. The van der Waals surface area contributed by atoms with Gasteiger partial charge in [0.15, 0.2) is 0 Å². The van der Waals surface area contributed by atoms with Crippen LogP contribution in [0.5, 0.6) is 0 Å². The highest BCUT2D eigenvalue weighted by atomic mass is 16.5. The monoisotopic (exact) mass is 238 g/mol. The van der Waals surface area contributed by atoms with Crippen molar-refractivity contribution in [2.45, 2.75) is 39.8 Å². The van der Waals surface area contributed by atoms with Crippen LogP contribution in [-0.2, 0) is 22.6 Å². The molecule has 0 saturated carbocycles. The molecule has 1 rings (SSSR count). The summed E-state index contributed by atoms with van der Waals surface area (Å²) in [5.41, 5.74) is 1.28. The van der Waals surface area contributed by atoms with Crippen molar-refractivity contribution >= 4 is 5.97 Å². The molecular formula is C13H22N2O2. The summed E-state index contributed by atoms with van der Waals surface area (Å²) < 4.78 is 7.07. The number of ether oxygens (including phenoxy) is 1. The van der Waals surface area contributed by atoms with E-state index in [1.54, 1.807) is 0 Å². The van der Waals surface area contributed by atoms with E-state index < -0.39 is 0 Å². The molecule has 0 fully saturated rings. The van der Waals surface area contributed by atoms with Gasteiger partial charge in [-0.15, -0.1) is 0 Å². The quantitative estimate of drug-likeness (QED) is 0.556. The van der Waals surface area contributed by atoms with Gasteiger partial charge in [0.1, 0.15) is 0 Å². The molecule has 0 aromatic carbocycles. The average Bonchev–Trinajstić information content (AvgIpc) is 2.76. The number of hydrogen-bond donors (Lipinski definition) is 1. The Labute approximate surface area is 103 Å². The van der Waals surface area contributed by atoms with Gasteiger partial charge in [-0.3, -0.25) is 4.79 Å². The number of aromatic nitrogens is 1. The van der Waals surface area contributed by atoms with Crippen LogP contribution in [-0.4, -0.2) is 23.7 Å². The molecule has 0 radical (unpaired) electrons. The average molecular weight is 238 g/mol. The number of nitrogens with one attached hydrogen (secondary N) is 1. The van der Waals surface area contributed by atoms with Crippen molar-refractivity contribution < 1.29 is 9.53 Å². The van der Waals surface area contributed by atoms with E-state index in [2.05, 4.69) is 35.1 Å². The van der Waals surface area contributed by atoms with Gasteiger partial charge >= 0.3 is 5.97 Å². The maximum atomic E-state index is 11.1. The summed E-state index contributed by atoms with van der Waals surface area (Å²) in [7, 11) is 0.